The number of pyridine rings is 2. The van der Waals surface area contributed by atoms with Crippen molar-refractivity contribution in [3.8, 4) is 33.5 Å². The minimum atomic E-state index is 1.00. The minimum absolute atomic E-state index is 1.00. The van der Waals surface area contributed by atoms with Gasteiger partial charge in [0.05, 0.1) is 11.2 Å². The zero-order chi connectivity index (χ0) is 31.0. The van der Waals surface area contributed by atoms with E-state index >= 15 is 0 Å². The Kier molecular flexibility index (Phi) is 7.07. The third-order valence-electron chi connectivity index (χ3n) is 9.17. The first-order chi connectivity index (χ1) is 22.7. The lowest BCUT2D eigenvalue weighted by Crippen LogP contribution is -2.00. The number of rotatable bonds is 5. The Morgan fingerprint density at radius 2 is 1.54 bits per heavy atom. The first-order valence-electron chi connectivity index (χ1n) is 15.9. The van der Waals surface area contributed by atoms with E-state index in [1.54, 1.807) is 0 Å². The summed E-state index contributed by atoms with van der Waals surface area (Å²) in [6.07, 6.45) is 14.4. The van der Waals surface area contributed by atoms with E-state index in [0.717, 1.165) is 62.8 Å². The van der Waals surface area contributed by atoms with Gasteiger partial charge in [-0.1, -0.05) is 91.0 Å². The number of allylic oxidation sites excluding steroid dienone is 3. The number of nitrogens with zero attached hydrogens (tertiary/aromatic N) is 3. The average Bonchev–Trinajstić information content (AvgIpc) is 3.13. The van der Waals surface area contributed by atoms with Gasteiger partial charge in [0.1, 0.15) is 0 Å². The molecule has 3 heteroatoms. The molecule has 0 fully saturated rings. The summed E-state index contributed by atoms with van der Waals surface area (Å²) in [7, 11) is 1.82. The SMILES string of the molecule is C/C=C(\C=NC)c1cc(-c2cccnc2)cc(-c2cc3c(-c4ccccc4)nc4c5c(ccc4c3c3ccccc23)C=CCC5)c1. The Bertz CT molecular complexity index is 2360. The van der Waals surface area contributed by atoms with Crippen molar-refractivity contribution in [2.45, 2.75) is 19.8 Å². The van der Waals surface area contributed by atoms with Crippen molar-refractivity contribution in [1.29, 1.82) is 0 Å². The lowest BCUT2D eigenvalue weighted by atomic mass is 9.86. The first-order valence-corrected chi connectivity index (χ1v) is 15.9. The zero-order valence-electron chi connectivity index (χ0n) is 26.0. The summed E-state index contributed by atoms with van der Waals surface area (Å²) in [5.74, 6) is 0. The van der Waals surface area contributed by atoms with E-state index in [-0.39, 0.29) is 0 Å². The fourth-order valence-electron chi connectivity index (χ4n) is 7.02. The molecule has 2 aromatic heterocycles. The molecule has 8 rings (SSSR count). The van der Waals surface area contributed by atoms with Crippen molar-refractivity contribution >= 4 is 50.3 Å². The van der Waals surface area contributed by atoms with Crippen LogP contribution in [0.1, 0.15) is 30.0 Å². The van der Waals surface area contributed by atoms with Gasteiger partial charge in [-0.2, -0.15) is 0 Å². The number of benzene rings is 5. The molecular formula is C43H33N3. The van der Waals surface area contributed by atoms with Crippen LogP contribution in [0.3, 0.4) is 0 Å². The molecule has 0 radical (unpaired) electrons. The molecule has 0 unspecified atom stereocenters. The summed E-state index contributed by atoms with van der Waals surface area (Å²) >= 11 is 0. The Morgan fingerprint density at radius 1 is 0.739 bits per heavy atom. The third kappa shape index (κ3) is 4.72. The monoisotopic (exact) mass is 591 g/mol. The van der Waals surface area contributed by atoms with E-state index in [1.807, 2.05) is 31.7 Å². The van der Waals surface area contributed by atoms with Gasteiger partial charge in [0.15, 0.2) is 0 Å². The molecule has 1 aliphatic carbocycles. The Hall–Kier alpha value is -5.67. The number of hydrogen-bond donors (Lipinski definition) is 0. The smallest absolute Gasteiger partial charge is 0.0788 e. The van der Waals surface area contributed by atoms with Crippen molar-refractivity contribution < 1.29 is 0 Å². The molecule has 7 aromatic rings. The van der Waals surface area contributed by atoms with Crippen LogP contribution in [-0.2, 0) is 6.42 Å². The van der Waals surface area contributed by atoms with E-state index in [4.69, 9.17) is 4.98 Å². The van der Waals surface area contributed by atoms with Gasteiger partial charge < -0.3 is 0 Å². The maximum atomic E-state index is 5.51. The second kappa shape index (κ2) is 11.7. The highest BCUT2D eigenvalue weighted by Gasteiger charge is 2.20. The van der Waals surface area contributed by atoms with E-state index in [9.17, 15) is 0 Å². The largest absolute Gasteiger partial charge is 0.296 e. The molecule has 0 saturated heterocycles. The summed E-state index contributed by atoms with van der Waals surface area (Å²) < 4.78 is 0. The summed E-state index contributed by atoms with van der Waals surface area (Å²) in [6.45, 7) is 2.07. The second-order valence-electron chi connectivity index (χ2n) is 11.9. The Morgan fingerprint density at radius 3 is 2.35 bits per heavy atom. The highest BCUT2D eigenvalue weighted by molar-refractivity contribution is 6.26. The van der Waals surface area contributed by atoms with Gasteiger partial charge in [-0.05, 0) is 99.8 Å². The van der Waals surface area contributed by atoms with Crippen molar-refractivity contribution in [3.05, 3.63) is 144 Å². The van der Waals surface area contributed by atoms with E-state index < -0.39 is 0 Å². The maximum Gasteiger partial charge on any atom is 0.0788 e. The quantitative estimate of drug-likeness (QED) is 0.147. The normalized spacial score (nSPS) is 13.2. The molecule has 3 nitrogen and oxygen atoms in total. The summed E-state index contributed by atoms with van der Waals surface area (Å²) in [4.78, 5) is 14.3. The molecule has 220 valence electrons. The van der Waals surface area contributed by atoms with Crippen molar-refractivity contribution in [2.24, 2.45) is 4.99 Å². The highest BCUT2D eigenvalue weighted by Crippen LogP contribution is 2.44. The second-order valence-corrected chi connectivity index (χ2v) is 11.9. The highest BCUT2D eigenvalue weighted by atomic mass is 14.7. The van der Waals surface area contributed by atoms with Crippen molar-refractivity contribution in [2.75, 3.05) is 7.05 Å². The predicted molar refractivity (Wildman–Crippen MR) is 196 cm³/mol. The summed E-state index contributed by atoms with van der Waals surface area (Å²) in [5.41, 5.74) is 12.6. The van der Waals surface area contributed by atoms with Gasteiger partial charge in [-0.3, -0.25) is 9.98 Å². The lowest BCUT2D eigenvalue weighted by Gasteiger charge is -2.20. The topological polar surface area (TPSA) is 38.1 Å². The van der Waals surface area contributed by atoms with Crippen LogP contribution in [0.15, 0.2) is 133 Å². The average molecular weight is 592 g/mol. The van der Waals surface area contributed by atoms with Gasteiger partial charge in [-0.25, -0.2) is 4.98 Å². The van der Waals surface area contributed by atoms with Crippen LogP contribution in [0, 0.1) is 0 Å². The van der Waals surface area contributed by atoms with Crippen LogP contribution in [0.25, 0.3) is 77.6 Å². The third-order valence-corrected chi connectivity index (χ3v) is 9.17. The van der Waals surface area contributed by atoms with Gasteiger partial charge in [0.25, 0.3) is 0 Å². The standard InChI is InChI=1S/C43H33N3/c1-3-28(26-44-2)32-22-33(31-15-11-21-45-27-31)24-34(23-32)39-25-40-41(37-18-10-9-17-36(37)39)38-20-19-29-12-7-8-16-35(29)43(38)46-42(40)30-13-5-4-6-14-30/h3-7,9-15,17-27H,8,16H2,1-2H3/b28-3+,44-26?. The van der Waals surface area contributed by atoms with Crippen LogP contribution in [-0.4, -0.2) is 23.2 Å². The van der Waals surface area contributed by atoms with Crippen LogP contribution in [0.2, 0.25) is 0 Å². The molecule has 0 aliphatic heterocycles. The molecule has 5 aromatic carbocycles. The fraction of sp³-hybridized carbons (Fsp3) is 0.0930. The molecular weight excluding hydrogens is 558 g/mol. The molecule has 0 spiro atoms. The molecule has 0 N–H and O–H groups in total. The number of aliphatic imine (C=N–C) groups is 1. The molecule has 46 heavy (non-hydrogen) atoms. The van der Waals surface area contributed by atoms with Crippen LogP contribution >= 0.6 is 0 Å². The Labute approximate surface area is 269 Å². The van der Waals surface area contributed by atoms with Crippen molar-refractivity contribution in [3.63, 3.8) is 0 Å². The van der Waals surface area contributed by atoms with E-state index in [1.165, 1.54) is 38.2 Å². The van der Waals surface area contributed by atoms with Gasteiger partial charge in [0, 0.05) is 52.9 Å². The molecule has 0 saturated carbocycles. The fourth-order valence-corrected chi connectivity index (χ4v) is 7.02. The van der Waals surface area contributed by atoms with Crippen LogP contribution in [0.4, 0.5) is 0 Å². The maximum absolute atomic E-state index is 5.51. The number of aryl methyl sites for hydroxylation is 1. The summed E-state index contributed by atoms with van der Waals surface area (Å²) in [6, 6.07) is 37.4. The van der Waals surface area contributed by atoms with Gasteiger partial charge in [-0.15, -0.1) is 0 Å². The van der Waals surface area contributed by atoms with E-state index in [0.29, 0.717) is 0 Å². The van der Waals surface area contributed by atoms with Crippen molar-refractivity contribution in [1.82, 2.24) is 9.97 Å². The molecule has 2 heterocycles. The number of fused-ring (bicyclic) bond motifs is 7. The minimum Gasteiger partial charge on any atom is -0.296 e. The molecule has 0 atom stereocenters. The zero-order valence-corrected chi connectivity index (χ0v) is 26.0. The molecule has 1 aliphatic rings. The van der Waals surface area contributed by atoms with Gasteiger partial charge in [0.2, 0.25) is 0 Å². The molecule has 0 bridgehead atoms. The van der Waals surface area contributed by atoms with Gasteiger partial charge >= 0.3 is 0 Å². The summed E-state index contributed by atoms with van der Waals surface area (Å²) in [5, 5.41) is 6.09. The first kappa shape index (κ1) is 27.8. The lowest BCUT2D eigenvalue weighted by molar-refractivity contribution is 0.992. The van der Waals surface area contributed by atoms with E-state index in [2.05, 4.69) is 132 Å². The van der Waals surface area contributed by atoms with Crippen LogP contribution in [0.5, 0.6) is 0 Å². The van der Waals surface area contributed by atoms with Crippen LogP contribution < -0.4 is 0 Å². The number of aromatic nitrogens is 2. The number of hydrogen-bond acceptors (Lipinski definition) is 3. The predicted octanol–water partition coefficient (Wildman–Crippen LogP) is 11.0. The Balaban J connectivity index is 1.51. The molecule has 0 amide bonds.